The number of urea groups is 1. The molecule has 120 valence electrons. The number of aliphatic carboxylic acids is 1. The number of likely N-dealkylation sites (tertiary alicyclic amines) is 1. The number of nitrogens with zero attached hydrogens (tertiary/aromatic N) is 2. The van der Waals surface area contributed by atoms with Crippen LogP contribution < -0.4 is 5.32 Å². The summed E-state index contributed by atoms with van der Waals surface area (Å²) in [5.41, 5.74) is 0. The van der Waals surface area contributed by atoms with E-state index in [1.54, 1.807) is 0 Å². The van der Waals surface area contributed by atoms with Gasteiger partial charge in [0.25, 0.3) is 0 Å². The first-order valence-electron chi connectivity index (χ1n) is 8.05. The lowest BCUT2D eigenvalue weighted by molar-refractivity contribution is -0.137. The monoisotopic (exact) mass is 297 g/mol. The second-order valence-corrected chi connectivity index (χ2v) is 6.35. The van der Waals surface area contributed by atoms with E-state index < -0.39 is 5.97 Å². The summed E-state index contributed by atoms with van der Waals surface area (Å²) in [5.74, 6) is -0.454. The summed E-state index contributed by atoms with van der Waals surface area (Å²) >= 11 is 0. The number of hydrogen-bond acceptors (Lipinski definition) is 3. The molecule has 1 atom stereocenters. The van der Waals surface area contributed by atoms with Crippen LogP contribution in [-0.2, 0) is 4.79 Å². The Morgan fingerprint density at radius 1 is 1.29 bits per heavy atom. The topological polar surface area (TPSA) is 72.9 Å². The number of carboxylic acids is 1. The minimum Gasteiger partial charge on any atom is -0.480 e. The molecule has 1 unspecified atom stereocenters. The summed E-state index contributed by atoms with van der Waals surface area (Å²) in [6.07, 6.45) is 5.96. The molecule has 1 saturated carbocycles. The maximum Gasteiger partial charge on any atom is 0.323 e. The molecule has 2 N–H and O–H groups in total. The number of rotatable bonds is 7. The Labute approximate surface area is 126 Å². The largest absolute Gasteiger partial charge is 0.480 e. The SMILES string of the molecule is CC(CNC(=O)N(CC(=O)O)CC1CC1)N1CCCCC1. The average Bonchev–Trinajstić information content (AvgIpc) is 3.28. The van der Waals surface area contributed by atoms with Crippen molar-refractivity contribution >= 4 is 12.0 Å². The highest BCUT2D eigenvalue weighted by Crippen LogP contribution is 2.29. The van der Waals surface area contributed by atoms with Crippen LogP contribution in [0.25, 0.3) is 0 Å². The average molecular weight is 297 g/mol. The fourth-order valence-electron chi connectivity index (χ4n) is 2.83. The van der Waals surface area contributed by atoms with Crippen molar-refractivity contribution in [3.63, 3.8) is 0 Å². The van der Waals surface area contributed by atoms with Gasteiger partial charge in [-0.2, -0.15) is 0 Å². The van der Waals surface area contributed by atoms with Gasteiger partial charge in [-0.25, -0.2) is 4.79 Å². The van der Waals surface area contributed by atoms with E-state index in [-0.39, 0.29) is 12.6 Å². The molecule has 0 aromatic heterocycles. The van der Waals surface area contributed by atoms with Crippen molar-refractivity contribution < 1.29 is 14.7 Å². The van der Waals surface area contributed by atoms with E-state index in [1.807, 2.05) is 0 Å². The Kier molecular flexibility index (Phi) is 5.85. The van der Waals surface area contributed by atoms with E-state index >= 15 is 0 Å². The van der Waals surface area contributed by atoms with Crippen LogP contribution in [-0.4, -0.2) is 65.7 Å². The molecule has 0 bridgehead atoms. The summed E-state index contributed by atoms with van der Waals surface area (Å²) in [4.78, 5) is 26.9. The molecule has 1 aliphatic heterocycles. The zero-order valence-electron chi connectivity index (χ0n) is 12.9. The van der Waals surface area contributed by atoms with Gasteiger partial charge in [0.2, 0.25) is 0 Å². The van der Waals surface area contributed by atoms with Gasteiger partial charge in [-0.05, 0) is 51.6 Å². The van der Waals surface area contributed by atoms with Crippen LogP contribution in [0.4, 0.5) is 4.79 Å². The van der Waals surface area contributed by atoms with Gasteiger partial charge in [0.05, 0.1) is 0 Å². The van der Waals surface area contributed by atoms with Gasteiger partial charge in [-0.15, -0.1) is 0 Å². The predicted octanol–water partition coefficient (Wildman–Crippen LogP) is 1.37. The number of carboxylic acid groups (broad SMARTS) is 1. The van der Waals surface area contributed by atoms with E-state index in [0.717, 1.165) is 25.9 Å². The summed E-state index contributed by atoms with van der Waals surface area (Å²) in [6, 6.07) is 0.0648. The fraction of sp³-hybridized carbons (Fsp3) is 0.867. The zero-order valence-corrected chi connectivity index (χ0v) is 12.9. The molecule has 6 heteroatoms. The third kappa shape index (κ3) is 5.53. The molecule has 1 aliphatic carbocycles. The Morgan fingerprint density at radius 2 is 1.95 bits per heavy atom. The van der Waals surface area contributed by atoms with Crippen LogP contribution in [0.2, 0.25) is 0 Å². The minimum atomic E-state index is -0.949. The quantitative estimate of drug-likeness (QED) is 0.744. The van der Waals surface area contributed by atoms with Crippen LogP contribution >= 0.6 is 0 Å². The highest BCUT2D eigenvalue weighted by atomic mass is 16.4. The molecule has 21 heavy (non-hydrogen) atoms. The lowest BCUT2D eigenvalue weighted by Crippen LogP contribution is -2.49. The maximum atomic E-state index is 12.2. The number of amides is 2. The van der Waals surface area contributed by atoms with E-state index in [0.29, 0.717) is 25.0 Å². The lowest BCUT2D eigenvalue weighted by atomic mass is 10.1. The van der Waals surface area contributed by atoms with Crippen LogP contribution in [0.15, 0.2) is 0 Å². The number of carbonyl (C=O) groups is 2. The molecule has 0 aromatic carbocycles. The lowest BCUT2D eigenvalue weighted by Gasteiger charge is -2.33. The van der Waals surface area contributed by atoms with Gasteiger partial charge in [-0.1, -0.05) is 6.42 Å². The molecule has 1 heterocycles. The van der Waals surface area contributed by atoms with Crippen LogP contribution in [0.5, 0.6) is 0 Å². The molecular weight excluding hydrogens is 270 g/mol. The van der Waals surface area contributed by atoms with Gasteiger partial charge < -0.3 is 15.3 Å². The highest BCUT2D eigenvalue weighted by molar-refractivity contribution is 5.80. The van der Waals surface area contributed by atoms with Gasteiger partial charge in [0.15, 0.2) is 0 Å². The second-order valence-electron chi connectivity index (χ2n) is 6.35. The van der Waals surface area contributed by atoms with Crippen molar-refractivity contribution in [1.29, 1.82) is 0 Å². The van der Waals surface area contributed by atoms with Crippen LogP contribution in [0, 0.1) is 5.92 Å². The molecule has 2 aliphatic rings. The molecule has 0 aromatic rings. The minimum absolute atomic E-state index is 0.208. The first-order valence-corrected chi connectivity index (χ1v) is 8.05. The molecular formula is C15H27N3O3. The molecule has 2 amide bonds. The zero-order chi connectivity index (χ0) is 15.2. The number of piperidine rings is 1. The predicted molar refractivity (Wildman–Crippen MR) is 80.2 cm³/mol. The summed E-state index contributed by atoms with van der Waals surface area (Å²) in [6.45, 7) is 5.25. The maximum absolute atomic E-state index is 12.2. The molecule has 2 fully saturated rings. The van der Waals surface area contributed by atoms with Crippen molar-refractivity contribution in [3.05, 3.63) is 0 Å². The van der Waals surface area contributed by atoms with Gasteiger partial charge >= 0.3 is 12.0 Å². The number of nitrogens with one attached hydrogen (secondary N) is 1. The van der Waals surface area contributed by atoms with Crippen molar-refractivity contribution in [2.45, 2.75) is 45.1 Å². The first kappa shape index (κ1) is 16.1. The summed E-state index contributed by atoms with van der Waals surface area (Å²) in [5, 5.41) is 11.8. The van der Waals surface area contributed by atoms with Crippen LogP contribution in [0.3, 0.4) is 0 Å². The normalized spacial score (nSPS) is 20.8. The molecule has 0 spiro atoms. The Balaban J connectivity index is 1.75. The van der Waals surface area contributed by atoms with E-state index in [9.17, 15) is 9.59 Å². The van der Waals surface area contributed by atoms with Crippen molar-refractivity contribution in [1.82, 2.24) is 15.1 Å². The van der Waals surface area contributed by atoms with E-state index in [2.05, 4.69) is 17.1 Å². The van der Waals surface area contributed by atoms with Crippen molar-refractivity contribution in [2.24, 2.45) is 5.92 Å². The van der Waals surface area contributed by atoms with Crippen LogP contribution in [0.1, 0.15) is 39.0 Å². The van der Waals surface area contributed by atoms with Gasteiger partial charge in [0.1, 0.15) is 6.54 Å². The molecule has 6 nitrogen and oxygen atoms in total. The summed E-state index contributed by atoms with van der Waals surface area (Å²) in [7, 11) is 0. The highest BCUT2D eigenvalue weighted by Gasteiger charge is 2.28. The van der Waals surface area contributed by atoms with Crippen molar-refractivity contribution in [3.8, 4) is 0 Å². The molecule has 2 rings (SSSR count). The number of carbonyl (C=O) groups excluding carboxylic acids is 1. The Morgan fingerprint density at radius 3 is 2.52 bits per heavy atom. The number of hydrogen-bond donors (Lipinski definition) is 2. The fourth-order valence-corrected chi connectivity index (χ4v) is 2.83. The standard InChI is InChI=1S/C15H27N3O3/c1-12(17-7-3-2-4-8-17)9-16-15(21)18(11-14(19)20)10-13-5-6-13/h12-13H,2-11H2,1H3,(H,16,21)(H,19,20). The summed E-state index contributed by atoms with van der Waals surface area (Å²) < 4.78 is 0. The Hall–Kier alpha value is -1.30. The smallest absolute Gasteiger partial charge is 0.323 e. The Bertz CT molecular complexity index is 365. The third-order valence-electron chi connectivity index (χ3n) is 4.35. The van der Waals surface area contributed by atoms with Gasteiger partial charge in [-0.3, -0.25) is 9.69 Å². The van der Waals surface area contributed by atoms with E-state index in [1.165, 1.54) is 24.2 Å². The molecule has 0 radical (unpaired) electrons. The second kappa shape index (κ2) is 7.64. The van der Waals surface area contributed by atoms with Gasteiger partial charge in [0, 0.05) is 19.1 Å². The third-order valence-corrected chi connectivity index (χ3v) is 4.35. The van der Waals surface area contributed by atoms with Crippen molar-refractivity contribution in [2.75, 3.05) is 32.7 Å². The van der Waals surface area contributed by atoms with E-state index in [4.69, 9.17) is 5.11 Å². The molecule has 1 saturated heterocycles. The first-order chi connectivity index (χ1) is 10.1.